The topological polar surface area (TPSA) is 92.3 Å². The van der Waals surface area contributed by atoms with Crippen molar-refractivity contribution in [3.8, 4) is 23.0 Å². The van der Waals surface area contributed by atoms with E-state index in [1.54, 1.807) is 49.6 Å². The lowest BCUT2D eigenvalue weighted by Crippen LogP contribution is -2.35. The van der Waals surface area contributed by atoms with Crippen molar-refractivity contribution in [2.75, 3.05) is 34.0 Å². The van der Waals surface area contributed by atoms with E-state index in [9.17, 15) is 9.59 Å². The Hall–Kier alpha value is -3.52. The predicted molar refractivity (Wildman–Crippen MR) is 116 cm³/mol. The van der Waals surface area contributed by atoms with E-state index in [1.165, 1.54) is 7.11 Å². The average molecular weight is 439 g/mol. The number of carbonyl (C=O) groups is 2. The van der Waals surface area contributed by atoms with Crippen molar-refractivity contribution in [2.24, 2.45) is 0 Å². The summed E-state index contributed by atoms with van der Waals surface area (Å²) in [5, 5.41) is 2.80. The minimum absolute atomic E-state index is 0.0757. The second-order valence-electron chi connectivity index (χ2n) is 7.41. The van der Waals surface area contributed by atoms with Crippen molar-refractivity contribution in [3.63, 3.8) is 0 Å². The molecule has 4 rings (SSSR count). The first-order chi connectivity index (χ1) is 15.6. The number of allylic oxidation sites excluding steroid dienone is 1. The Morgan fingerprint density at radius 1 is 1.22 bits per heavy atom. The maximum absolute atomic E-state index is 12.8. The smallest absolute Gasteiger partial charge is 0.258 e. The van der Waals surface area contributed by atoms with E-state index < -0.39 is 0 Å². The second kappa shape index (κ2) is 9.74. The van der Waals surface area contributed by atoms with E-state index in [4.69, 9.17) is 23.7 Å². The standard InChI is InChI=1S/C24H25NO7/c1-28-19-7-3-5-15(24(19)29-2)11-21-23(27)18-9-8-16(12-20(18)32-21)31-14-22(26)25-13-17-6-4-10-30-17/h3,5,7-9,11-12,17H,4,6,10,13-14H2,1-2H3,(H,25,26)/b21-11-/t17-/m1/s1. The highest BCUT2D eigenvalue weighted by molar-refractivity contribution is 6.14. The van der Waals surface area contributed by atoms with Gasteiger partial charge in [-0.3, -0.25) is 9.59 Å². The van der Waals surface area contributed by atoms with E-state index in [1.807, 2.05) is 0 Å². The number of fused-ring (bicyclic) bond motifs is 1. The Balaban J connectivity index is 1.41. The molecule has 0 spiro atoms. The third kappa shape index (κ3) is 4.70. The van der Waals surface area contributed by atoms with Crippen LogP contribution < -0.4 is 24.3 Å². The largest absolute Gasteiger partial charge is 0.493 e. The molecule has 2 heterocycles. The van der Waals surface area contributed by atoms with Crippen molar-refractivity contribution in [3.05, 3.63) is 53.3 Å². The van der Waals surface area contributed by atoms with E-state index in [0.29, 0.717) is 40.7 Å². The lowest BCUT2D eigenvalue weighted by Gasteiger charge is -2.11. The van der Waals surface area contributed by atoms with Crippen LogP contribution in [0.4, 0.5) is 0 Å². The van der Waals surface area contributed by atoms with Crippen LogP contribution in [0, 0.1) is 0 Å². The number of benzene rings is 2. The van der Waals surface area contributed by atoms with Gasteiger partial charge < -0.3 is 29.0 Å². The van der Waals surface area contributed by atoms with Gasteiger partial charge in [0, 0.05) is 24.8 Å². The van der Waals surface area contributed by atoms with Gasteiger partial charge in [-0.1, -0.05) is 12.1 Å². The number of carbonyl (C=O) groups excluding carboxylic acids is 2. The summed E-state index contributed by atoms with van der Waals surface area (Å²) in [6.45, 7) is 1.08. The molecule has 1 atom stereocenters. The molecule has 1 saturated heterocycles. The minimum atomic E-state index is -0.245. The van der Waals surface area contributed by atoms with Crippen molar-refractivity contribution < 1.29 is 33.3 Å². The highest BCUT2D eigenvalue weighted by Crippen LogP contribution is 2.37. The molecule has 0 aliphatic carbocycles. The quantitative estimate of drug-likeness (QED) is 0.632. The maximum atomic E-state index is 12.8. The van der Waals surface area contributed by atoms with Gasteiger partial charge in [-0.25, -0.2) is 0 Å². The zero-order valence-corrected chi connectivity index (χ0v) is 18.0. The Morgan fingerprint density at radius 3 is 2.84 bits per heavy atom. The van der Waals surface area contributed by atoms with Crippen LogP contribution >= 0.6 is 0 Å². The first kappa shape index (κ1) is 21.7. The molecule has 2 aromatic rings. The van der Waals surface area contributed by atoms with Crippen LogP contribution in [-0.4, -0.2) is 51.8 Å². The first-order valence-electron chi connectivity index (χ1n) is 10.4. The van der Waals surface area contributed by atoms with Crippen LogP contribution in [0.3, 0.4) is 0 Å². The number of para-hydroxylation sites is 1. The molecule has 2 aromatic carbocycles. The van der Waals surface area contributed by atoms with E-state index in [0.717, 1.165) is 19.4 Å². The number of hydrogen-bond acceptors (Lipinski definition) is 7. The number of ether oxygens (including phenoxy) is 5. The number of rotatable bonds is 8. The van der Waals surface area contributed by atoms with Crippen LogP contribution in [0.25, 0.3) is 6.08 Å². The van der Waals surface area contributed by atoms with Crippen LogP contribution in [0.15, 0.2) is 42.2 Å². The molecule has 1 N–H and O–H groups in total. The normalized spacial score (nSPS) is 18.2. The Bertz CT molecular complexity index is 1040. The molecule has 0 aromatic heterocycles. The van der Waals surface area contributed by atoms with E-state index >= 15 is 0 Å². The fourth-order valence-corrected chi connectivity index (χ4v) is 3.66. The van der Waals surface area contributed by atoms with E-state index in [2.05, 4.69) is 5.32 Å². The molecule has 0 radical (unpaired) electrons. The molecule has 0 unspecified atom stereocenters. The molecule has 2 aliphatic heterocycles. The Labute approximate surface area is 186 Å². The average Bonchev–Trinajstić information content (AvgIpc) is 3.44. The zero-order chi connectivity index (χ0) is 22.5. The fraction of sp³-hybridized carbons (Fsp3) is 0.333. The minimum Gasteiger partial charge on any atom is -0.493 e. The number of nitrogens with one attached hydrogen (secondary N) is 1. The lowest BCUT2D eigenvalue weighted by atomic mass is 10.1. The van der Waals surface area contributed by atoms with Gasteiger partial charge in [0.1, 0.15) is 11.5 Å². The summed E-state index contributed by atoms with van der Waals surface area (Å²) in [5.74, 6) is 1.56. The highest BCUT2D eigenvalue weighted by atomic mass is 16.5. The molecule has 2 aliphatic rings. The molecule has 8 nitrogen and oxygen atoms in total. The summed E-state index contributed by atoms with van der Waals surface area (Å²) in [4.78, 5) is 24.8. The van der Waals surface area contributed by atoms with Gasteiger partial charge in [0.2, 0.25) is 5.78 Å². The maximum Gasteiger partial charge on any atom is 0.258 e. The molecule has 168 valence electrons. The van der Waals surface area contributed by atoms with Crippen molar-refractivity contribution in [1.82, 2.24) is 5.32 Å². The SMILES string of the molecule is COc1cccc(/C=C2\Oc3cc(OCC(=O)NC[C@H]4CCCO4)ccc3C2=O)c1OC. The van der Waals surface area contributed by atoms with Gasteiger partial charge in [0.25, 0.3) is 5.91 Å². The number of hydrogen-bond donors (Lipinski definition) is 1. The number of methoxy groups -OCH3 is 2. The van der Waals surface area contributed by atoms with Crippen LogP contribution in [0.2, 0.25) is 0 Å². The Kier molecular flexibility index (Phi) is 6.61. The predicted octanol–water partition coefficient (Wildman–Crippen LogP) is 2.99. The number of amides is 1. The summed E-state index contributed by atoms with van der Waals surface area (Å²) in [6.07, 6.45) is 3.66. The van der Waals surface area contributed by atoms with Crippen molar-refractivity contribution >= 4 is 17.8 Å². The van der Waals surface area contributed by atoms with Crippen molar-refractivity contribution in [1.29, 1.82) is 0 Å². The molecule has 0 saturated carbocycles. The highest BCUT2D eigenvalue weighted by Gasteiger charge is 2.28. The van der Waals surface area contributed by atoms with Crippen LogP contribution in [0.5, 0.6) is 23.0 Å². The summed E-state index contributed by atoms with van der Waals surface area (Å²) >= 11 is 0. The fourth-order valence-electron chi connectivity index (χ4n) is 3.66. The molecular weight excluding hydrogens is 414 g/mol. The molecule has 32 heavy (non-hydrogen) atoms. The zero-order valence-electron chi connectivity index (χ0n) is 18.0. The van der Waals surface area contributed by atoms with Gasteiger partial charge >= 0.3 is 0 Å². The number of ketones is 1. The summed E-state index contributed by atoms with van der Waals surface area (Å²) in [6, 6.07) is 10.2. The lowest BCUT2D eigenvalue weighted by molar-refractivity contribution is -0.123. The third-order valence-electron chi connectivity index (χ3n) is 5.28. The molecule has 1 fully saturated rings. The summed E-state index contributed by atoms with van der Waals surface area (Å²) in [5.41, 5.74) is 1.08. The molecular formula is C24H25NO7. The van der Waals surface area contributed by atoms with Crippen LogP contribution in [0.1, 0.15) is 28.8 Å². The second-order valence-corrected chi connectivity index (χ2v) is 7.41. The van der Waals surface area contributed by atoms with E-state index in [-0.39, 0.29) is 30.2 Å². The molecule has 0 bridgehead atoms. The van der Waals surface area contributed by atoms with Crippen molar-refractivity contribution in [2.45, 2.75) is 18.9 Å². The third-order valence-corrected chi connectivity index (χ3v) is 5.28. The Morgan fingerprint density at radius 2 is 2.09 bits per heavy atom. The van der Waals surface area contributed by atoms with Crippen LogP contribution in [-0.2, 0) is 9.53 Å². The number of Topliss-reactive ketones (excluding diaryl/α,β-unsaturated/α-hetero) is 1. The molecule has 1 amide bonds. The van der Waals surface area contributed by atoms with Gasteiger partial charge in [-0.2, -0.15) is 0 Å². The van der Waals surface area contributed by atoms with Gasteiger partial charge in [0.15, 0.2) is 23.9 Å². The van der Waals surface area contributed by atoms with Gasteiger partial charge in [-0.15, -0.1) is 0 Å². The van der Waals surface area contributed by atoms with Gasteiger partial charge in [0.05, 0.1) is 25.9 Å². The molecule has 8 heteroatoms. The first-order valence-corrected chi connectivity index (χ1v) is 10.4. The monoisotopic (exact) mass is 439 g/mol. The summed E-state index contributed by atoms with van der Waals surface area (Å²) < 4.78 is 27.5. The summed E-state index contributed by atoms with van der Waals surface area (Å²) in [7, 11) is 3.08. The van der Waals surface area contributed by atoms with Gasteiger partial charge in [-0.05, 0) is 37.1 Å².